The molecule has 7 aliphatic rings. The predicted octanol–water partition coefficient (Wildman–Crippen LogP) is 3.09. The average Bonchev–Trinajstić information content (AvgIpc) is 3.69. The number of alkyl halides is 3. The largest absolute Gasteiger partial charge is 0.464 e. The first-order valence-corrected chi connectivity index (χ1v) is 20.2. The van der Waals surface area contributed by atoms with Crippen LogP contribution in [-0.4, -0.2) is 143 Å². The number of rotatable bonds is 11. The Balaban J connectivity index is 0.998. The summed E-state index contributed by atoms with van der Waals surface area (Å²) in [5.74, 6) is -3.65. The predicted molar refractivity (Wildman–Crippen MR) is 197 cm³/mol. The van der Waals surface area contributed by atoms with Crippen LogP contribution in [-0.2, 0) is 28.6 Å². The van der Waals surface area contributed by atoms with Crippen molar-refractivity contribution in [2.45, 2.75) is 88.6 Å². The molecule has 5 saturated heterocycles. The van der Waals surface area contributed by atoms with E-state index in [4.69, 9.17) is 14.2 Å². The lowest BCUT2D eigenvalue weighted by Gasteiger charge is -2.51. The zero-order valence-corrected chi connectivity index (χ0v) is 32.7. The minimum absolute atomic E-state index is 0.0368. The van der Waals surface area contributed by atoms with Gasteiger partial charge in [-0.25, -0.2) is 9.78 Å². The van der Waals surface area contributed by atoms with Crippen LogP contribution in [0.15, 0.2) is 30.7 Å². The lowest BCUT2D eigenvalue weighted by atomic mass is 9.70. The number of aromatic amines is 1. The maximum absolute atomic E-state index is 14.6. The van der Waals surface area contributed by atoms with E-state index in [9.17, 15) is 37.1 Å². The molecule has 0 radical (unpaired) electrons. The summed E-state index contributed by atoms with van der Waals surface area (Å²) >= 11 is 0. The number of hydrogen-bond donors (Lipinski definition) is 2. The van der Waals surface area contributed by atoms with E-state index in [1.54, 1.807) is 24.1 Å². The summed E-state index contributed by atoms with van der Waals surface area (Å²) in [6.45, 7) is 3.15. The third-order valence-electron chi connectivity index (χ3n) is 13.8. The summed E-state index contributed by atoms with van der Waals surface area (Å²) in [7, 11) is 1.29. The Morgan fingerprint density at radius 2 is 1.69 bits per heavy atom. The molecule has 7 fully saturated rings. The molecule has 0 unspecified atom stereocenters. The zero-order valence-electron chi connectivity index (χ0n) is 32.7. The fraction of sp³-hybridized carbons (Fsp3) is 0.675. The molecule has 18 heteroatoms. The van der Waals surface area contributed by atoms with Crippen LogP contribution in [0.3, 0.4) is 0 Å². The Hall–Kier alpha value is -4.58. The van der Waals surface area contributed by atoms with E-state index >= 15 is 0 Å². The summed E-state index contributed by atoms with van der Waals surface area (Å²) in [5, 5.41) is 9.46. The Morgan fingerprint density at radius 3 is 2.26 bits per heavy atom. The van der Waals surface area contributed by atoms with Crippen LogP contribution < -0.4 is 5.32 Å². The molecule has 314 valence electrons. The van der Waals surface area contributed by atoms with Gasteiger partial charge in [-0.05, 0) is 75.8 Å². The van der Waals surface area contributed by atoms with E-state index in [2.05, 4.69) is 20.5 Å². The number of fused-ring (bicyclic) bond motifs is 3. The van der Waals surface area contributed by atoms with Crippen molar-refractivity contribution in [1.82, 2.24) is 35.2 Å². The van der Waals surface area contributed by atoms with Gasteiger partial charge in [0.2, 0.25) is 17.7 Å². The van der Waals surface area contributed by atoms with Crippen molar-refractivity contribution < 1.29 is 51.4 Å². The van der Waals surface area contributed by atoms with Gasteiger partial charge in [0, 0.05) is 62.5 Å². The number of likely N-dealkylation sites (tertiary alicyclic amines) is 3. The molecule has 2 N–H and O–H groups in total. The van der Waals surface area contributed by atoms with Gasteiger partial charge >= 0.3 is 12.1 Å². The van der Waals surface area contributed by atoms with E-state index in [0.29, 0.717) is 39.1 Å². The number of ether oxygens (including phenoxy) is 3. The van der Waals surface area contributed by atoms with Crippen LogP contribution in [0.2, 0.25) is 0 Å². The molecule has 1 spiro atoms. The van der Waals surface area contributed by atoms with E-state index < -0.39 is 58.8 Å². The van der Waals surface area contributed by atoms with E-state index in [-0.39, 0.29) is 73.6 Å². The molecule has 2 aromatic heterocycles. The second kappa shape index (κ2) is 15.2. The number of halogens is 3. The minimum atomic E-state index is -4.69. The van der Waals surface area contributed by atoms with Crippen LogP contribution >= 0.6 is 0 Å². The molecule has 7 heterocycles. The average molecular weight is 814 g/mol. The molecule has 9 rings (SSSR count). The highest BCUT2D eigenvalue weighted by Gasteiger charge is 2.71. The molecule has 2 aliphatic carbocycles. The highest BCUT2D eigenvalue weighted by Crippen LogP contribution is 2.60. The standard InChI is InChI=1S/C40H50F3N7O8/c1-24(57-22-37-9-5-28(6-10-37)58-23-37)31(34(53)48-13-7-25(8-14-48)26-3-4-30(44-15-26)35(54)56-2)47-32(51)29-18-49(33(52)27-16-45-46-17-27)19-38(29)20-50(21-38)36(55)39(11-12-39)40(41,42)43/h3-4,15-17,24-25,28-29,31H,5-14,18-23H2,1-2H3,(H,45,46)(H,47,51)/t24-,28?,29+,31+,37?/m1/s1. The smallest absolute Gasteiger partial charge is 0.403 e. The van der Waals surface area contributed by atoms with Gasteiger partial charge in [0.25, 0.3) is 5.91 Å². The number of nitrogens with zero attached hydrogens (tertiary/aromatic N) is 5. The van der Waals surface area contributed by atoms with Crippen molar-refractivity contribution in [3.05, 3.63) is 47.5 Å². The SMILES string of the molecule is COC(=O)c1ccc(C2CCN(C(=O)[C@@H](NC(=O)[C@@H]3CN(C(=O)c4cn[nH]c4)CC34CN(C(=O)C3(C(F)(F)F)CC3)C4)[C@@H](C)OCC34CCC(CC3)OC4)CC2)cn1. The number of esters is 1. The zero-order chi connectivity index (χ0) is 41.0. The molecular formula is C40H50F3N7O8. The highest BCUT2D eigenvalue weighted by atomic mass is 19.4. The highest BCUT2D eigenvalue weighted by molar-refractivity contribution is 5.96. The van der Waals surface area contributed by atoms with Crippen LogP contribution in [0, 0.1) is 22.2 Å². The van der Waals surface area contributed by atoms with Crippen molar-refractivity contribution in [1.29, 1.82) is 0 Å². The molecule has 3 atom stereocenters. The van der Waals surface area contributed by atoms with Crippen molar-refractivity contribution in [3.63, 3.8) is 0 Å². The Bertz CT molecular complexity index is 1870. The number of pyridine rings is 1. The third-order valence-corrected chi connectivity index (χ3v) is 13.8. The number of nitrogens with one attached hydrogen (secondary N) is 2. The molecule has 58 heavy (non-hydrogen) atoms. The fourth-order valence-electron chi connectivity index (χ4n) is 9.79. The molecule has 0 aromatic carbocycles. The van der Waals surface area contributed by atoms with Crippen molar-refractivity contribution >= 4 is 29.6 Å². The van der Waals surface area contributed by atoms with Crippen LogP contribution in [0.5, 0.6) is 0 Å². The van der Waals surface area contributed by atoms with Gasteiger partial charge in [0.15, 0.2) is 0 Å². The van der Waals surface area contributed by atoms with Crippen LogP contribution in [0.1, 0.15) is 90.6 Å². The molecule has 5 aliphatic heterocycles. The van der Waals surface area contributed by atoms with E-state index in [1.807, 2.05) is 6.07 Å². The summed E-state index contributed by atoms with van der Waals surface area (Å²) in [6, 6.07) is 2.34. The minimum Gasteiger partial charge on any atom is -0.464 e. The monoisotopic (exact) mass is 813 g/mol. The van der Waals surface area contributed by atoms with E-state index in [1.165, 1.54) is 24.4 Å². The first-order valence-electron chi connectivity index (χ1n) is 20.2. The third kappa shape index (κ3) is 7.34. The molecule has 15 nitrogen and oxygen atoms in total. The van der Waals surface area contributed by atoms with Gasteiger partial charge in [-0.2, -0.15) is 18.3 Å². The molecular weight excluding hydrogens is 763 g/mol. The number of carbonyl (C=O) groups excluding carboxylic acids is 5. The maximum Gasteiger partial charge on any atom is 0.403 e. The van der Waals surface area contributed by atoms with Gasteiger partial charge in [-0.1, -0.05) is 6.07 Å². The fourth-order valence-corrected chi connectivity index (χ4v) is 9.79. The second-order valence-corrected chi connectivity index (χ2v) is 17.4. The number of H-pyrrole nitrogens is 1. The Labute approximate surface area is 333 Å². The van der Waals surface area contributed by atoms with Crippen molar-refractivity contribution in [2.75, 3.05) is 59.6 Å². The summed E-state index contributed by atoms with van der Waals surface area (Å²) in [5.41, 5.74) is -2.22. The van der Waals surface area contributed by atoms with Crippen LogP contribution in [0.4, 0.5) is 13.2 Å². The number of carbonyl (C=O) groups is 5. The first-order chi connectivity index (χ1) is 27.7. The topological polar surface area (TPSA) is 176 Å². The van der Waals surface area contributed by atoms with Gasteiger partial charge in [-0.15, -0.1) is 0 Å². The van der Waals surface area contributed by atoms with Gasteiger partial charge in [-0.3, -0.25) is 24.3 Å². The molecule has 4 amide bonds. The number of hydrogen-bond acceptors (Lipinski definition) is 10. The summed E-state index contributed by atoms with van der Waals surface area (Å²) < 4.78 is 59.1. The quantitative estimate of drug-likeness (QED) is 0.321. The van der Waals surface area contributed by atoms with Crippen molar-refractivity contribution in [3.8, 4) is 0 Å². The number of amides is 4. The van der Waals surface area contributed by atoms with Gasteiger partial charge in [0.05, 0.1) is 50.2 Å². The molecule has 2 saturated carbocycles. The summed E-state index contributed by atoms with van der Waals surface area (Å²) in [6.07, 6.45) is 3.66. The number of aromatic nitrogens is 3. The Kier molecular flexibility index (Phi) is 10.6. The van der Waals surface area contributed by atoms with E-state index in [0.717, 1.165) is 36.1 Å². The Morgan fingerprint density at radius 1 is 0.983 bits per heavy atom. The van der Waals surface area contributed by atoms with Crippen LogP contribution in [0.25, 0.3) is 0 Å². The maximum atomic E-state index is 14.6. The lowest BCUT2D eigenvalue weighted by molar-refractivity contribution is -0.205. The van der Waals surface area contributed by atoms with Crippen molar-refractivity contribution in [2.24, 2.45) is 22.2 Å². The first kappa shape index (κ1) is 40.2. The van der Waals surface area contributed by atoms with Gasteiger partial charge in [0.1, 0.15) is 17.2 Å². The summed E-state index contributed by atoms with van der Waals surface area (Å²) in [4.78, 5) is 76.4. The second-order valence-electron chi connectivity index (χ2n) is 17.4. The molecule has 2 aromatic rings. The molecule has 2 bridgehead atoms. The number of methoxy groups -OCH3 is 1. The number of piperidine rings is 1. The normalized spacial score (nSPS) is 27.2. The lowest BCUT2D eigenvalue weighted by Crippen LogP contribution is -2.67. The van der Waals surface area contributed by atoms with Gasteiger partial charge < -0.3 is 34.2 Å².